The molecule has 0 saturated carbocycles. The van der Waals surface area contributed by atoms with Crippen LogP contribution in [0.1, 0.15) is 42.0 Å². The van der Waals surface area contributed by atoms with Crippen molar-refractivity contribution >= 4 is 11.6 Å². The number of likely N-dealkylation sites (N-methyl/N-ethyl adjacent to an activating group) is 1. The minimum absolute atomic E-state index is 0.0684. The van der Waals surface area contributed by atoms with Crippen LogP contribution in [-0.2, 0) is 11.2 Å². The lowest BCUT2D eigenvalue weighted by atomic mass is 10.0. The van der Waals surface area contributed by atoms with Gasteiger partial charge in [-0.25, -0.2) is 4.39 Å². The fraction of sp³-hybridized carbons (Fsp3) is 0.524. The quantitative estimate of drug-likeness (QED) is 0.824. The van der Waals surface area contributed by atoms with Crippen LogP contribution >= 0.6 is 0 Å². The van der Waals surface area contributed by atoms with Crippen molar-refractivity contribution in [3.8, 4) is 0 Å². The first-order valence-corrected chi connectivity index (χ1v) is 9.79. The molecule has 1 atom stereocenters. The number of hydrogen-bond donors (Lipinski definition) is 1. The van der Waals surface area contributed by atoms with Crippen LogP contribution < -0.4 is 10.2 Å². The molecule has 1 saturated heterocycles. The predicted molar refractivity (Wildman–Crippen MR) is 107 cm³/mol. The van der Waals surface area contributed by atoms with E-state index in [1.54, 1.807) is 0 Å². The molecule has 1 aliphatic heterocycles. The molecule has 3 rings (SSSR count). The van der Waals surface area contributed by atoms with E-state index in [0.717, 1.165) is 54.4 Å². The topological polar surface area (TPSA) is 61.6 Å². The maximum atomic E-state index is 13.9. The Balaban J connectivity index is 1.67. The van der Waals surface area contributed by atoms with Gasteiger partial charge in [0, 0.05) is 49.4 Å². The molecule has 152 valence electrons. The average Bonchev–Trinajstić information content (AvgIpc) is 2.98. The maximum absolute atomic E-state index is 13.9. The normalized spacial score (nSPS) is 16.2. The first-order valence-electron chi connectivity index (χ1n) is 9.79. The van der Waals surface area contributed by atoms with E-state index in [9.17, 15) is 9.18 Å². The van der Waals surface area contributed by atoms with Crippen LogP contribution in [0.2, 0.25) is 0 Å². The highest BCUT2D eigenvalue weighted by atomic mass is 19.1. The third-order valence-electron chi connectivity index (χ3n) is 5.46. The molecule has 1 aromatic heterocycles. The second kappa shape index (κ2) is 8.73. The van der Waals surface area contributed by atoms with Crippen LogP contribution in [0.3, 0.4) is 0 Å². The Morgan fingerprint density at radius 3 is 2.64 bits per heavy atom. The van der Waals surface area contributed by atoms with Crippen LogP contribution in [0, 0.1) is 19.7 Å². The van der Waals surface area contributed by atoms with E-state index in [-0.39, 0.29) is 17.8 Å². The van der Waals surface area contributed by atoms with E-state index in [1.807, 2.05) is 26.8 Å². The Morgan fingerprint density at radius 1 is 1.29 bits per heavy atom. The molecule has 0 unspecified atom stereocenters. The highest BCUT2D eigenvalue weighted by Gasteiger charge is 2.21. The number of nitrogens with one attached hydrogen (secondary N) is 1. The summed E-state index contributed by atoms with van der Waals surface area (Å²) in [6, 6.07) is 4.57. The van der Waals surface area contributed by atoms with Gasteiger partial charge in [0.2, 0.25) is 5.91 Å². The van der Waals surface area contributed by atoms with Gasteiger partial charge in [0.25, 0.3) is 0 Å². The Hall–Kier alpha value is -2.41. The lowest BCUT2D eigenvalue weighted by Gasteiger charge is -2.36. The SMILES string of the molecule is Cc1noc(C)c1CCC(=O)N[C@@H](C)c1cc(F)ccc1N1CCN(C)CC1. The molecule has 1 N–H and O–H groups in total. The zero-order valence-corrected chi connectivity index (χ0v) is 17.1. The first kappa shape index (κ1) is 20.3. The number of halogens is 1. The fourth-order valence-electron chi connectivity index (χ4n) is 3.70. The number of benzene rings is 1. The molecule has 1 aromatic carbocycles. The number of carbonyl (C=O) groups is 1. The molecule has 2 heterocycles. The summed E-state index contributed by atoms with van der Waals surface area (Å²) in [4.78, 5) is 17.0. The van der Waals surface area contributed by atoms with Crippen molar-refractivity contribution in [3.63, 3.8) is 0 Å². The average molecular weight is 388 g/mol. The molecule has 1 amide bonds. The van der Waals surface area contributed by atoms with Gasteiger partial charge in [-0.2, -0.15) is 0 Å². The van der Waals surface area contributed by atoms with Gasteiger partial charge in [0.1, 0.15) is 11.6 Å². The molecule has 0 bridgehead atoms. The highest BCUT2D eigenvalue weighted by Crippen LogP contribution is 2.28. The zero-order valence-electron chi connectivity index (χ0n) is 17.1. The van der Waals surface area contributed by atoms with Gasteiger partial charge < -0.3 is 19.6 Å². The number of rotatable bonds is 6. The van der Waals surface area contributed by atoms with Crippen LogP contribution in [0.5, 0.6) is 0 Å². The third-order valence-corrected chi connectivity index (χ3v) is 5.46. The molecule has 0 spiro atoms. The van der Waals surface area contributed by atoms with Gasteiger partial charge >= 0.3 is 0 Å². The molecule has 1 fully saturated rings. The summed E-state index contributed by atoms with van der Waals surface area (Å²) in [5, 5.41) is 6.94. The minimum atomic E-state index is -0.287. The summed E-state index contributed by atoms with van der Waals surface area (Å²) in [6.07, 6.45) is 0.917. The van der Waals surface area contributed by atoms with E-state index in [1.165, 1.54) is 12.1 Å². The summed E-state index contributed by atoms with van der Waals surface area (Å²) in [5.74, 6) is 0.395. The second-order valence-corrected chi connectivity index (χ2v) is 7.59. The van der Waals surface area contributed by atoms with Gasteiger partial charge in [-0.05, 0) is 52.4 Å². The second-order valence-electron chi connectivity index (χ2n) is 7.59. The Morgan fingerprint density at radius 2 is 2.00 bits per heavy atom. The van der Waals surface area contributed by atoms with Crippen LogP contribution in [0.15, 0.2) is 22.7 Å². The number of aryl methyl sites for hydroxylation is 2. The van der Waals surface area contributed by atoms with Gasteiger partial charge in [0.15, 0.2) is 0 Å². The van der Waals surface area contributed by atoms with Crippen molar-refractivity contribution in [2.24, 2.45) is 0 Å². The van der Waals surface area contributed by atoms with Crippen molar-refractivity contribution < 1.29 is 13.7 Å². The van der Waals surface area contributed by atoms with Crippen LogP contribution in [-0.4, -0.2) is 49.2 Å². The van der Waals surface area contributed by atoms with Gasteiger partial charge in [-0.3, -0.25) is 4.79 Å². The molecule has 2 aromatic rings. The number of amides is 1. The van der Waals surface area contributed by atoms with Crippen molar-refractivity contribution in [1.82, 2.24) is 15.4 Å². The number of anilines is 1. The number of carbonyl (C=O) groups excluding carboxylic acids is 1. The largest absolute Gasteiger partial charge is 0.369 e. The fourth-order valence-corrected chi connectivity index (χ4v) is 3.70. The first-order chi connectivity index (χ1) is 13.3. The summed E-state index contributed by atoms with van der Waals surface area (Å²) < 4.78 is 19.1. The lowest BCUT2D eigenvalue weighted by Crippen LogP contribution is -2.45. The number of piperazine rings is 1. The Labute approximate surface area is 165 Å². The van der Waals surface area contributed by atoms with E-state index >= 15 is 0 Å². The van der Waals surface area contributed by atoms with Gasteiger partial charge in [0.05, 0.1) is 11.7 Å². The summed E-state index contributed by atoms with van der Waals surface area (Å²) in [5.41, 5.74) is 3.61. The highest BCUT2D eigenvalue weighted by molar-refractivity contribution is 5.77. The molecule has 6 nitrogen and oxygen atoms in total. The van der Waals surface area contributed by atoms with Crippen molar-refractivity contribution in [2.45, 2.75) is 39.7 Å². The molecule has 7 heteroatoms. The van der Waals surface area contributed by atoms with Gasteiger partial charge in [-0.15, -0.1) is 0 Å². The minimum Gasteiger partial charge on any atom is -0.369 e. The Kier molecular flexibility index (Phi) is 6.34. The van der Waals surface area contributed by atoms with E-state index in [0.29, 0.717) is 12.8 Å². The van der Waals surface area contributed by atoms with Crippen molar-refractivity contribution in [1.29, 1.82) is 0 Å². The molecule has 28 heavy (non-hydrogen) atoms. The molecule has 0 radical (unpaired) electrons. The van der Waals surface area contributed by atoms with E-state index < -0.39 is 0 Å². The Bertz CT molecular complexity index is 808. The van der Waals surface area contributed by atoms with Crippen molar-refractivity contribution in [2.75, 3.05) is 38.1 Å². The third kappa shape index (κ3) is 4.70. The molecular formula is C21H29FN4O2. The standard InChI is InChI=1S/C21H29FN4O2/c1-14(23-21(27)8-6-18-15(2)24-28-16(18)3)19-13-17(22)5-7-20(19)26-11-9-25(4)10-12-26/h5,7,13-14H,6,8-12H2,1-4H3,(H,23,27)/t14-/m0/s1. The zero-order chi connectivity index (χ0) is 20.3. The number of nitrogens with zero attached hydrogens (tertiary/aromatic N) is 3. The molecule has 1 aliphatic rings. The van der Waals surface area contributed by atoms with E-state index in [2.05, 4.69) is 27.3 Å². The summed E-state index contributed by atoms with van der Waals surface area (Å²) >= 11 is 0. The predicted octanol–water partition coefficient (Wildman–Crippen LogP) is 2.99. The summed E-state index contributed by atoms with van der Waals surface area (Å²) in [6.45, 7) is 9.35. The molecule has 0 aliphatic carbocycles. The maximum Gasteiger partial charge on any atom is 0.220 e. The molecular weight excluding hydrogens is 359 g/mol. The lowest BCUT2D eigenvalue weighted by molar-refractivity contribution is -0.121. The van der Waals surface area contributed by atoms with Gasteiger partial charge in [-0.1, -0.05) is 5.16 Å². The number of aromatic nitrogens is 1. The van der Waals surface area contributed by atoms with Crippen LogP contribution in [0.4, 0.5) is 10.1 Å². The monoisotopic (exact) mass is 388 g/mol. The number of hydrogen-bond acceptors (Lipinski definition) is 5. The van der Waals surface area contributed by atoms with Crippen molar-refractivity contribution in [3.05, 3.63) is 46.6 Å². The summed E-state index contributed by atoms with van der Waals surface area (Å²) in [7, 11) is 2.10. The van der Waals surface area contributed by atoms with Crippen LogP contribution in [0.25, 0.3) is 0 Å². The van der Waals surface area contributed by atoms with E-state index in [4.69, 9.17) is 4.52 Å². The smallest absolute Gasteiger partial charge is 0.220 e.